The third kappa shape index (κ3) is 4.32. The Morgan fingerprint density at radius 3 is 2.56 bits per heavy atom. The highest BCUT2D eigenvalue weighted by atomic mass is 16.2. The summed E-state index contributed by atoms with van der Waals surface area (Å²) in [6, 6.07) is -0.688. The third-order valence-electron chi connectivity index (χ3n) is 2.27. The first kappa shape index (κ1) is 14.5. The molecule has 90 valence electrons. The number of nitrogens with zero attached hydrogens (tertiary/aromatic N) is 1. The molecule has 0 rings (SSSR count). The minimum Gasteiger partial charge on any atom is -0.359 e. The molecule has 2 unspecified atom stereocenters. The average Bonchev–Trinajstić information content (AvgIpc) is 2.26. The quantitative estimate of drug-likeness (QED) is 0.600. The lowest BCUT2D eigenvalue weighted by Gasteiger charge is -2.23. The van der Waals surface area contributed by atoms with Crippen molar-refractivity contribution in [3.8, 4) is 12.3 Å². The number of carbonyl (C=O) groups excluding carboxylic acids is 2. The van der Waals surface area contributed by atoms with Gasteiger partial charge in [0, 0.05) is 27.1 Å². The van der Waals surface area contributed by atoms with Crippen molar-refractivity contribution in [1.82, 2.24) is 10.2 Å². The summed E-state index contributed by atoms with van der Waals surface area (Å²) in [6.45, 7) is 2.08. The van der Waals surface area contributed by atoms with Crippen molar-refractivity contribution in [2.45, 2.75) is 19.4 Å². The van der Waals surface area contributed by atoms with Gasteiger partial charge in [0.2, 0.25) is 11.8 Å². The Morgan fingerprint density at radius 2 is 2.12 bits per heavy atom. The standard InChI is InChI=1S/C11H19N3O2/c1-5-6-9(12)11(16)14(4)7-8(2)10(15)13-3/h1,8-9H,6-7,12H2,2-4H3,(H,13,15). The molecule has 0 aliphatic rings. The van der Waals surface area contributed by atoms with Gasteiger partial charge < -0.3 is 16.0 Å². The van der Waals surface area contributed by atoms with Crippen molar-refractivity contribution in [2.75, 3.05) is 20.6 Å². The lowest BCUT2D eigenvalue weighted by Crippen LogP contribution is -2.45. The molecule has 0 aromatic rings. The van der Waals surface area contributed by atoms with Gasteiger partial charge in [0.05, 0.1) is 12.0 Å². The molecule has 0 saturated heterocycles. The number of likely N-dealkylation sites (N-methyl/N-ethyl adjacent to an activating group) is 1. The Kier molecular flexibility index (Phi) is 6.19. The zero-order valence-electron chi connectivity index (χ0n) is 9.99. The molecule has 0 spiro atoms. The van der Waals surface area contributed by atoms with Crippen molar-refractivity contribution >= 4 is 11.8 Å². The van der Waals surface area contributed by atoms with Gasteiger partial charge in [-0.1, -0.05) is 6.92 Å². The van der Waals surface area contributed by atoms with Crippen LogP contribution in [0.2, 0.25) is 0 Å². The molecule has 0 aliphatic carbocycles. The molecule has 0 heterocycles. The topological polar surface area (TPSA) is 75.4 Å². The van der Waals surface area contributed by atoms with E-state index >= 15 is 0 Å². The van der Waals surface area contributed by atoms with Crippen molar-refractivity contribution in [3.05, 3.63) is 0 Å². The minimum absolute atomic E-state index is 0.106. The third-order valence-corrected chi connectivity index (χ3v) is 2.27. The minimum atomic E-state index is -0.688. The Bertz CT molecular complexity index is 296. The first-order valence-corrected chi connectivity index (χ1v) is 5.09. The number of nitrogens with two attached hydrogens (primary N) is 1. The summed E-state index contributed by atoms with van der Waals surface area (Å²) >= 11 is 0. The molecule has 0 aliphatic heterocycles. The van der Waals surface area contributed by atoms with Crippen LogP contribution in [0.1, 0.15) is 13.3 Å². The van der Waals surface area contributed by atoms with Crippen LogP contribution in [-0.2, 0) is 9.59 Å². The molecular weight excluding hydrogens is 206 g/mol. The highest BCUT2D eigenvalue weighted by Crippen LogP contribution is 2.01. The molecule has 0 saturated carbocycles. The monoisotopic (exact) mass is 225 g/mol. The summed E-state index contributed by atoms with van der Waals surface area (Å²) in [4.78, 5) is 24.3. The lowest BCUT2D eigenvalue weighted by atomic mass is 10.1. The SMILES string of the molecule is C#CCC(N)C(=O)N(C)CC(C)C(=O)NC. The highest BCUT2D eigenvalue weighted by Gasteiger charge is 2.21. The lowest BCUT2D eigenvalue weighted by molar-refractivity contribution is -0.133. The second-order valence-electron chi connectivity index (χ2n) is 3.75. The predicted octanol–water partition coefficient (Wildman–Crippen LogP) is -0.822. The molecular formula is C11H19N3O2. The van der Waals surface area contributed by atoms with Gasteiger partial charge in [0.25, 0.3) is 0 Å². The zero-order chi connectivity index (χ0) is 12.7. The summed E-state index contributed by atoms with van der Waals surface area (Å²) in [6.07, 6.45) is 5.28. The summed E-state index contributed by atoms with van der Waals surface area (Å²) in [5, 5.41) is 2.52. The molecule has 0 fully saturated rings. The van der Waals surface area contributed by atoms with Gasteiger partial charge in [-0.05, 0) is 0 Å². The molecule has 5 nitrogen and oxygen atoms in total. The van der Waals surface area contributed by atoms with Crippen LogP contribution >= 0.6 is 0 Å². The Morgan fingerprint density at radius 1 is 1.56 bits per heavy atom. The Balaban J connectivity index is 4.25. The van der Waals surface area contributed by atoms with Crippen LogP contribution < -0.4 is 11.1 Å². The number of amides is 2. The molecule has 0 bridgehead atoms. The molecule has 2 amide bonds. The number of hydrogen-bond acceptors (Lipinski definition) is 3. The van der Waals surface area contributed by atoms with E-state index in [4.69, 9.17) is 12.2 Å². The van der Waals surface area contributed by atoms with Crippen LogP contribution in [0.5, 0.6) is 0 Å². The molecule has 2 atom stereocenters. The number of carbonyl (C=O) groups is 2. The zero-order valence-corrected chi connectivity index (χ0v) is 9.99. The van der Waals surface area contributed by atoms with Crippen LogP contribution in [0.4, 0.5) is 0 Å². The van der Waals surface area contributed by atoms with Gasteiger partial charge in [0.15, 0.2) is 0 Å². The molecule has 3 N–H and O–H groups in total. The summed E-state index contributed by atoms with van der Waals surface area (Å²) < 4.78 is 0. The molecule has 0 aromatic heterocycles. The first-order valence-electron chi connectivity index (χ1n) is 5.09. The maximum atomic E-state index is 11.7. The maximum absolute atomic E-state index is 11.7. The maximum Gasteiger partial charge on any atom is 0.240 e. The van der Waals surface area contributed by atoms with E-state index < -0.39 is 6.04 Å². The number of nitrogens with one attached hydrogen (secondary N) is 1. The van der Waals surface area contributed by atoms with Crippen LogP contribution in [0, 0.1) is 18.3 Å². The van der Waals surface area contributed by atoms with E-state index in [2.05, 4.69) is 11.2 Å². The fourth-order valence-corrected chi connectivity index (χ4v) is 1.33. The van der Waals surface area contributed by atoms with E-state index in [1.54, 1.807) is 21.0 Å². The first-order chi connectivity index (χ1) is 7.43. The van der Waals surface area contributed by atoms with Crippen molar-refractivity contribution in [3.63, 3.8) is 0 Å². The number of terminal acetylenes is 1. The van der Waals surface area contributed by atoms with E-state index in [1.165, 1.54) is 4.90 Å². The van der Waals surface area contributed by atoms with Gasteiger partial charge >= 0.3 is 0 Å². The fourth-order valence-electron chi connectivity index (χ4n) is 1.33. The summed E-state index contributed by atoms with van der Waals surface area (Å²) in [7, 11) is 3.17. The molecule has 16 heavy (non-hydrogen) atoms. The average molecular weight is 225 g/mol. The normalized spacial score (nSPS) is 13.4. The second kappa shape index (κ2) is 6.85. The Hall–Kier alpha value is -1.54. The highest BCUT2D eigenvalue weighted by molar-refractivity contribution is 5.83. The molecule has 0 aromatic carbocycles. The van der Waals surface area contributed by atoms with Crippen molar-refractivity contribution in [1.29, 1.82) is 0 Å². The second-order valence-corrected chi connectivity index (χ2v) is 3.75. The van der Waals surface area contributed by atoms with Gasteiger partial charge in [0.1, 0.15) is 0 Å². The van der Waals surface area contributed by atoms with Crippen LogP contribution in [0.15, 0.2) is 0 Å². The van der Waals surface area contributed by atoms with Crippen LogP contribution in [0.25, 0.3) is 0 Å². The van der Waals surface area contributed by atoms with E-state index in [9.17, 15) is 9.59 Å². The largest absolute Gasteiger partial charge is 0.359 e. The molecule has 0 radical (unpaired) electrons. The van der Waals surface area contributed by atoms with Gasteiger partial charge in [-0.15, -0.1) is 12.3 Å². The number of rotatable bonds is 5. The fraction of sp³-hybridized carbons (Fsp3) is 0.636. The van der Waals surface area contributed by atoms with Gasteiger partial charge in [-0.3, -0.25) is 9.59 Å². The summed E-state index contributed by atoms with van der Waals surface area (Å²) in [5.74, 6) is 1.72. The van der Waals surface area contributed by atoms with Crippen LogP contribution in [-0.4, -0.2) is 43.4 Å². The van der Waals surface area contributed by atoms with Crippen LogP contribution in [0.3, 0.4) is 0 Å². The van der Waals surface area contributed by atoms with Crippen molar-refractivity contribution < 1.29 is 9.59 Å². The number of hydrogen-bond donors (Lipinski definition) is 2. The van der Waals surface area contributed by atoms with Gasteiger partial charge in [-0.2, -0.15) is 0 Å². The summed E-state index contributed by atoms with van der Waals surface area (Å²) in [5.41, 5.74) is 5.58. The Labute approximate surface area is 96.4 Å². The predicted molar refractivity (Wildman–Crippen MR) is 62.3 cm³/mol. The van der Waals surface area contributed by atoms with E-state index in [0.29, 0.717) is 6.54 Å². The molecule has 5 heteroatoms. The van der Waals surface area contributed by atoms with Crippen molar-refractivity contribution in [2.24, 2.45) is 11.7 Å². The smallest absolute Gasteiger partial charge is 0.240 e. The van der Waals surface area contributed by atoms with E-state index in [1.807, 2.05) is 0 Å². The van der Waals surface area contributed by atoms with E-state index in [-0.39, 0.29) is 24.2 Å². The van der Waals surface area contributed by atoms with E-state index in [0.717, 1.165) is 0 Å². The van der Waals surface area contributed by atoms with Gasteiger partial charge in [-0.25, -0.2) is 0 Å².